The highest BCUT2D eigenvalue weighted by Crippen LogP contribution is 2.64. The summed E-state index contributed by atoms with van der Waals surface area (Å²) >= 11 is 0. The van der Waals surface area contributed by atoms with E-state index in [0.29, 0.717) is 17.9 Å². The highest BCUT2D eigenvalue weighted by molar-refractivity contribution is 5.08. The normalized spacial score (nSPS) is 60.4. The maximum atomic E-state index is 6.23. The molecule has 2 aliphatic heterocycles. The number of methoxy groups -OCH3 is 1. The van der Waals surface area contributed by atoms with Crippen LogP contribution in [0.1, 0.15) is 39.0 Å². The molecule has 7 atom stereocenters. The summed E-state index contributed by atoms with van der Waals surface area (Å²) in [4.78, 5) is 0. The average molecular weight is 238 g/mol. The summed E-state index contributed by atoms with van der Waals surface area (Å²) in [5, 5.41) is 0. The molecule has 0 amide bonds. The summed E-state index contributed by atoms with van der Waals surface area (Å²) < 4.78 is 18.0. The molecular weight excluding hydrogens is 216 g/mol. The van der Waals surface area contributed by atoms with Crippen molar-refractivity contribution in [3.8, 4) is 0 Å². The Morgan fingerprint density at radius 2 is 1.94 bits per heavy atom. The van der Waals surface area contributed by atoms with Gasteiger partial charge in [0.15, 0.2) is 12.1 Å². The summed E-state index contributed by atoms with van der Waals surface area (Å²) in [6.45, 7) is 2.17. The molecule has 3 heteroatoms. The van der Waals surface area contributed by atoms with Crippen molar-refractivity contribution in [2.24, 2.45) is 23.7 Å². The van der Waals surface area contributed by atoms with Gasteiger partial charge in [0.25, 0.3) is 0 Å². The first kappa shape index (κ1) is 10.8. The van der Waals surface area contributed by atoms with E-state index in [1.807, 2.05) is 0 Å². The van der Waals surface area contributed by atoms with Gasteiger partial charge in [-0.25, -0.2) is 0 Å². The van der Waals surface area contributed by atoms with E-state index in [0.717, 1.165) is 24.7 Å². The molecule has 4 aliphatic rings. The molecule has 2 saturated heterocycles. The summed E-state index contributed by atoms with van der Waals surface area (Å²) in [5.74, 6) is 2.58. The molecule has 2 heterocycles. The fourth-order valence-electron chi connectivity index (χ4n) is 5.13. The minimum atomic E-state index is -0.287. The van der Waals surface area contributed by atoms with Crippen molar-refractivity contribution in [2.45, 2.75) is 57.2 Å². The molecule has 17 heavy (non-hydrogen) atoms. The lowest BCUT2D eigenvalue weighted by molar-refractivity contribution is -0.273. The number of fused-ring (bicyclic) bond motifs is 6. The number of rotatable bonds is 1. The van der Waals surface area contributed by atoms with Gasteiger partial charge in [-0.15, -0.1) is 0 Å². The monoisotopic (exact) mass is 238 g/mol. The maximum Gasteiger partial charge on any atom is 0.175 e. The van der Waals surface area contributed by atoms with E-state index >= 15 is 0 Å². The second kappa shape index (κ2) is 3.46. The molecule has 0 aromatic heterocycles. The van der Waals surface area contributed by atoms with Gasteiger partial charge in [-0.05, 0) is 44.4 Å². The molecule has 0 aromatic carbocycles. The van der Waals surface area contributed by atoms with Crippen LogP contribution in [0.25, 0.3) is 0 Å². The smallest absolute Gasteiger partial charge is 0.175 e. The van der Waals surface area contributed by atoms with Crippen LogP contribution < -0.4 is 0 Å². The van der Waals surface area contributed by atoms with Crippen molar-refractivity contribution in [3.05, 3.63) is 0 Å². The van der Waals surface area contributed by atoms with Crippen LogP contribution >= 0.6 is 0 Å². The first-order chi connectivity index (χ1) is 8.23. The fraction of sp³-hybridized carbons (Fsp3) is 1.00. The largest absolute Gasteiger partial charge is 0.355 e. The SMILES string of the molecule is COC1OC2(CCC(C)O2)C2C1[C@H]1CC[C@@H]2C1. The van der Waals surface area contributed by atoms with Crippen molar-refractivity contribution < 1.29 is 14.2 Å². The van der Waals surface area contributed by atoms with Gasteiger partial charge in [0, 0.05) is 25.4 Å². The zero-order chi connectivity index (χ0) is 11.6. The Kier molecular flexibility index (Phi) is 2.19. The molecular formula is C14H22O3. The molecule has 4 rings (SSSR count). The van der Waals surface area contributed by atoms with E-state index in [4.69, 9.17) is 14.2 Å². The van der Waals surface area contributed by atoms with Gasteiger partial charge < -0.3 is 14.2 Å². The third-order valence-electron chi connectivity index (χ3n) is 5.65. The predicted octanol–water partition coefficient (Wildman–Crippen LogP) is 2.55. The van der Waals surface area contributed by atoms with E-state index in [-0.39, 0.29) is 12.1 Å². The van der Waals surface area contributed by atoms with E-state index in [2.05, 4.69) is 6.92 Å². The van der Waals surface area contributed by atoms with Crippen LogP contribution in [0, 0.1) is 23.7 Å². The van der Waals surface area contributed by atoms with Crippen LogP contribution in [0.15, 0.2) is 0 Å². The quantitative estimate of drug-likeness (QED) is 0.702. The topological polar surface area (TPSA) is 27.7 Å². The Morgan fingerprint density at radius 1 is 1.12 bits per heavy atom. The Hall–Kier alpha value is -0.120. The molecule has 0 aromatic rings. The lowest BCUT2D eigenvalue weighted by atomic mass is 9.75. The van der Waals surface area contributed by atoms with Crippen molar-refractivity contribution in [3.63, 3.8) is 0 Å². The molecule has 2 bridgehead atoms. The average Bonchev–Trinajstić information content (AvgIpc) is 3.03. The van der Waals surface area contributed by atoms with E-state index < -0.39 is 0 Å². The number of hydrogen-bond donors (Lipinski definition) is 0. The number of ether oxygens (including phenoxy) is 3. The second-order valence-corrected chi connectivity index (χ2v) is 6.44. The van der Waals surface area contributed by atoms with Crippen molar-refractivity contribution >= 4 is 0 Å². The van der Waals surface area contributed by atoms with Gasteiger partial charge in [0.2, 0.25) is 0 Å². The molecule has 2 saturated carbocycles. The molecule has 2 aliphatic carbocycles. The van der Waals surface area contributed by atoms with Crippen LogP contribution in [0.3, 0.4) is 0 Å². The van der Waals surface area contributed by atoms with Crippen LogP contribution in [-0.2, 0) is 14.2 Å². The third-order valence-corrected chi connectivity index (χ3v) is 5.65. The van der Waals surface area contributed by atoms with E-state index in [9.17, 15) is 0 Å². The second-order valence-electron chi connectivity index (χ2n) is 6.44. The van der Waals surface area contributed by atoms with Crippen LogP contribution in [0.2, 0.25) is 0 Å². The van der Waals surface area contributed by atoms with Gasteiger partial charge >= 0.3 is 0 Å². The van der Waals surface area contributed by atoms with Gasteiger partial charge in [-0.2, -0.15) is 0 Å². The first-order valence-corrected chi connectivity index (χ1v) is 7.12. The fourth-order valence-corrected chi connectivity index (χ4v) is 5.13. The third kappa shape index (κ3) is 1.28. The molecule has 5 unspecified atom stereocenters. The van der Waals surface area contributed by atoms with Crippen LogP contribution in [0.5, 0.6) is 0 Å². The lowest BCUT2D eigenvalue weighted by Gasteiger charge is -2.34. The van der Waals surface area contributed by atoms with Gasteiger partial charge in [-0.3, -0.25) is 0 Å². The predicted molar refractivity (Wildman–Crippen MR) is 62.2 cm³/mol. The van der Waals surface area contributed by atoms with Crippen LogP contribution in [0.4, 0.5) is 0 Å². The van der Waals surface area contributed by atoms with Gasteiger partial charge in [0.1, 0.15) is 0 Å². The molecule has 4 fully saturated rings. The van der Waals surface area contributed by atoms with Crippen molar-refractivity contribution in [1.29, 1.82) is 0 Å². The summed E-state index contributed by atoms with van der Waals surface area (Å²) in [6.07, 6.45) is 6.69. The highest BCUT2D eigenvalue weighted by Gasteiger charge is 2.67. The maximum absolute atomic E-state index is 6.23. The summed E-state index contributed by atoms with van der Waals surface area (Å²) in [6, 6.07) is 0. The number of hydrogen-bond acceptors (Lipinski definition) is 3. The minimum absolute atomic E-state index is 0.0133. The molecule has 96 valence electrons. The summed E-state index contributed by atoms with van der Waals surface area (Å²) in [7, 11) is 1.78. The van der Waals surface area contributed by atoms with Crippen molar-refractivity contribution in [2.75, 3.05) is 7.11 Å². The molecule has 3 nitrogen and oxygen atoms in total. The van der Waals surface area contributed by atoms with E-state index in [1.165, 1.54) is 19.3 Å². The zero-order valence-corrected chi connectivity index (χ0v) is 10.7. The Labute approximate surface area is 103 Å². The molecule has 0 radical (unpaired) electrons. The first-order valence-electron chi connectivity index (χ1n) is 7.12. The zero-order valence-electron chi connectivity index (χ0n) is 10.7. The minimum Gasteiger partial charge on any atom is -0.355 e. The molecule has 0 N–H and O–H groups in total. The van der Waals surface area contributed by atoms with Crippen molar-refractivity contribution in [1.82, 2.24) is 0 Å². The van der Waals surface area contributed by atoms with E-state index in [1.54, 1.807) is 7.11 Å². The van der Waals surface area contributed by atoms with Gasteiger partial charge in [-0.1, -0.05) is 0 Å². The summed E-state index contributed by atoms with van der Waals surface area (Å²) in [5.41, 5.74) is 0. The highest BCUT2D eigenvalue weighted by atomic mass is 16.8. The Balaban J connectivity index is 1.70. The van der Waals surface area contributed by atoms with Crippen LogP contribution in [-0.4, -0.2) is 25.3 Å². The Morgan fingerprint density at radius 3 is 2.65 bits per heavy atom. The Bertz CT molecular complexity index is 331. The van der Waals surface area contributed by atoms with Gasteiger partial charge in [0.05, 0.1) is 6.10 Å². The lowest BCUT2D eigenvalue weighted by Crippen LogP contribution is -2.39. The molecule has 1 spiro atoms. The standard InChI is InChI=1S/C14H22O3/c1-8-5-6-14(16-8)12-10-4-3-9(7-10)11(12)13(15-2)17-14/h8-13H,3-7H2,1-2H3/t8?,9-,10+,11?,12?,13?,14?/m0/s1.